The van der Waals surface area contributed by atoms with E-state index in [4.69, 9.17) is 10.5 Å². The van der Waals surface area contributed by atoms with E-state index in [1.165, 1.54) is 13.2 Å². The van der Waals surface area contributed by atoms with Crippen molar-refractivity contribution in [3.8, 4) is 5.75 Å². The number of methoxy groups -OCH3 is 1. The summed E-state index contributed by atoms with van der Waals surface area (Å²) in [5.41, 5.74) is 3.98. The van der Waals surface area contributed by atoms with Crippen LogP contribution >= 0.6 is 0 Å². The second kappa shape index (κ2) is 4.88. The molecule has 0 aliphatic carbocycles. The number of rotatable bonds is 4. The fourth-order valence-electron chi connectivity index (χ4n) is 1.04. The average Bonchev–Trinajstić information content (AvgIpc) is 2.19. The molecule has 0 saturated carbocycles. The fraction of sp³-hybridized carbons (Fsp3) is 0.333. The third-order valence-corrected chi connectivity index (χ3v) is 1.72. The summed E-state index contributed by atoms with van der Waals surface area (Å²) in [7, 11) is 1.33. The van der Waals surface area contributed by atoms with Crippen LogP contribution in [0.2, 0.25) is 0 Å². The molecule has 2 N–H and O–H groups in total. The molecule has 0 fully saturated rings. The highest BCUT2D eigenvalue weighted by Gasteiger charge is 2.21. The maximum atomic E-state index is 13.2. The highest BCUT2D eigenvalue weighted by Crippen LogP contribution is 2.34. The van der Waals surface area contributed by atoms with Crippen LogP contribution in [-0.2, 0) is 4.74 Å². The van der Waals surface area contributed by atoms with Gasteiger partial charge in [0, 0.05) is 7.11 Å². The molecule has 1 rings (SSSR count). The Kier molecular flexibility index (Phi) is 3.79. The fourth-order valence-corrected chi connectivity index (χ4v) is 1.04. The predicted octanol–water partition coefficient (Wildman–Crippen LogP) is 2.33. The van der Waals surface area contributed by atoms with Crippen LogP contribution in [0.4, 0.5) is 18.9 Å². The molecule has 0 atom stereocenters. The van der Waals surface area contributed by atoms with Gasteiger partial charge in [0.2, 0.25) is 0 Å². The second-order valence-corrected chi connectivity index (χ2v) is 2.73. The van der Waals surface area contributed by atoms with Crippen LogP contribution in [0.5, 0.6) is 5.75 Å². The lowest BCUT2D eigenvalue weighted by atomic mass is 10.1. The average molecular weight is 221 g/mol. The molecular weight excluding hydrogens is 211 g/mol. The zero-order chi connectivity index (χ0) is 11.4. The van der Waals surface area contributed by atoms with Crippen molar-refractivity contribution in [2.75, 3.05) is 19.6 Å². The van der Waals surface area contributed by atoms with E-state index in [1.807, 2.05) is 0 Å². The molecule has 0 saturated heterocycles. The first kappa shape index (κ1) is 11.6. The summed E-state index contributed by atoms with van der Waals surface area (Å²) in [6.07, 6.45) is -2.99. The number of hydrogen-bond donors (Lipinski definition) is 1. The van der Waals surface area contributed by atoms with Crippen LogP contribution in [-0.4, -0.2) is 13.9 Å². The van der Waals surface area contributed by atoms with Gasteiger partial charge in [-0.25, -0.2) is 13.2 Å². The molecular formula is C9H10F3NO2. The molecule has 0 aliphatic heterocycles. The van der Waals surface area contributed by atoms with E-state index >= 15 is 0 Å². The van der Waals surface area contributed by atoms with Crippen LogP contribution in [0.1, 0.15) is 12.0 Å². The summed E-state index contributed by atoms with van der Waals surface area (Å²) in [5, 5.41) is 0. The van der Waals surface area contributed by atoms with Crippen molar-refractivity contribution in [2.24, 2.45) is 0 Å². The van der Waals surface area contributed by atoms with Crippen molar-refractivity contribution in [3.05, 3.63) is 23.5 Å². The lowest BCUT2D eigenvalue weighted by Gasteiger charge is -2.12. The smallest absolute Gasteiger partial charge is 0.270 e. The van der Waals surface area contributed by atoms with Crippen molar-refractivity contribution in [3.63, 3.8) is 0 Å². The maximum absolute atomic E-state index is 13.2. The topological polar surface area (TPSA) is 44.5 Å². The van der Waals surface area contributed by atoms with E-state index in [2.05, 4.69) is 4.74 Å². The normalized spacial score (nSPS) is 10.7. The van der Waals surface area contributed by atoms with Gasteiger partial charge in [-0.15, -0.1) is 0 Å². The predicted molar refractivity (Wildman–Crippen MR) is 48.3 cm³/mol. The van der Waals surface area contributed by atoms with E-state index in [9.17, 15) is 13.2 Å². The first-order valence-corrected chi connectivity index (χ1v) is 4.05. The molecule has 0 amide bonds. The Labute approximate surface area is 84.6 Å². The Morgan fingerprint density at radius 2 is 2.07 bits per heavy atom. The molecule has 0 radical (unpaired) electrons. The van der Waals surface area contributed by atoms with Crippen LogP contribution in [0.25, 0.3) is 0 Å². The maximum Gasteiger partial charge on any atom is 0.270 e. The van der Waals surface area contributed by atoms with Gasteiger partial charge in [-0.2, -0.15) is 0 Å². The second-order valence-electron chi connectivity index (χ2n) is 2.73. The summed E-state index contributed by atoms with van der Waals surface area (Å²) in [4.78, 5) is 0. The quantitative estimate of drug-likeness (QED) is 0.626. The minimum Gasteiger partial charge on any atom is -0.467 e. The monoisotopic (exact) mass is 221 g/mol. The van der Waals surface area contributed by atoms with E-state index in [0.29, 0.717) is 0 Å². The molecule has 6 heteroatoms. The van der Waals surface area contributed by atoms with Crippen LogP contribution < -0.4 is 10.5 Å². The van der Waals surface area contributed by atoms with Crippen molar-refractivity contribution in [1.82, 2.24) is 0 Å². The SMILES string of the molecule is COCOc1ccc(N)c(F)c1C(F)F. The molecule has 0 heterocycles. The largest absolute Gasteiger partial charge is 0.467 e. The number of alkyl halides is 2. The Morgan fingerprint density at radius 1 is 1.40 bits per heavy atom. The molecule has 1 aromatic carbocycles. The van der Waals surface area contributed by atoms with Crippen LogP contribution in [0.3, 0.4) is 0 Å². The van der Waals surface area contributed by atoms with Gasteiger partial charge in [0.05, 0.1) is 11.3 Å². The molecule has 1 aromatic rings. The summed E-state index contributed by atoms with van der Waals surface area (Å²) in [6.45, 7) is -0.233. The number of hydrogen-bond acceptors (Lipinski definition) is 3. The number of halogens is 3. The van der Waals surface area contributed by atoms with Gasteiger partial charge in [0.1, 0.15) is 5.75 Å². The van der Waals surface area contributed by atoms with Gasteiger partial charge in [-0.3, -0.25) is 0 Å². The van der Waals surface area contributed by atoms with Gasteiger partial charge >= 0.3 is 0 Å². The van der Waals surface area contributed by atoms with E-state index < -0.39 is 17.8 Å². The molecule has 3 nitrogen and oxygen atoms in total. The lowest BCUT2D eigenvalue weighted by Crippen LogP contribution is -2.05. The van der Waals surface area contributed by atoms with Crippen molar-refractivity contribution in [1.29, 1.82) is 0 Å². The molecule has 0 spiro atoms. The standard InChI is InChI=1S/C9H10F3NO2/c1-14-4-15-6-3-2-5(13)8(10)7(6)9(11)12/h2-3,9H,4,13H2,1H3. The third kappa shape index (κ3) is 2.53. The minimum absolute atomic E-state index is 0.233. The lowest BCUT2D eigenvalue weighted by molar-refractivity contribution is 0.0460. The molecule has 0 aliphatic rings. The van der Waals surface area contributed by atoms with Gasteiger partial charge in [-0.1, -0.05) is 0 Å². The Hall–Kier alpha value is -1.43. The van der Waals surface area contributed by atoms with Crippen molar-refractivity contribution in [2.45, 2.75) is 6.43 Å². The minimum atomic E-state index is -2.99. The van der Waals surface area contributed by atoms with E-state index in [0.717, 1.165) is 6.07 Å². The molecule has 0 bridgehead atoms. The summed E-state index contributed by atoms with van der Waals surface area (Å²) in [6, 6.07) is 2.34. The molecule has 84 valence electrons. The number of ether oxygens (including phenoxy) is 2. The zero-order valence-electron chi connectivity index (χ0n) is 7.97. The zero-order valence-corrected chi connectivity index (χ0v) is 7.97. The summed E-state index contributed by atoms with van der Waals surface area (Å²) < 4.78 is 47.5. The third-order valence-electron chi connectivity index (χ3n) is 1.72. The number of nitrogen functional groups attached to an aromatic ring is 1. The van der Waals surface area contributed by atoms with Crippen LogP contribution in [0.15, 0.2) is 12.1 Å². The van der Waals surface area contributed by atoms with Gasteiger partial charge in [0.25, 0.3) is 6.43 Å². The van der Waals surface area contributed by atoms with Crippen molar-refractivity contribution >= 4 is 5.69 Å². The van der Waals surface area contributed by atoms with Gasteiger partial charge in [-0.05, 0) is 12.1 Å². The van der Waals surface area contributed by atoms with E-state index in [-0.39, 0.29) is 18.2 Å². The van der Waals surface area contributed by atoms with Crippen molar-refractivity contribution < 1.29 is 22.6 Å². The first-order valence-electron chi connectivity index (χ1n) is 4.05. The van der Waals surface area contributed by atoms with Gasteiger partial charge < -0.3 is 15.2 Å². The molecule has 0 unspecified atom stereocenters. The first-order chi connectivity index (χ1) is 7.07. The van der Waals surface area contributed by atoms with E-state index in [1.54, 1.807) is 0 Å². The summed E-state index contributed by atoms with van der Waals surface area (Å²) in [5.74, 6) is -1.42. The van der Waals surface area contributed by atoms with Crippen LogP contribution in [0, 0.1) is 5.82 Å². The Balaban J connectivity index is 3.09. The summed E-state index contributed by atoms with van der Waals surface area (Å²) >= 11 is 0. The number of benzene rings is 1. The number of anilines is 1. The Bertz CT molecular complexity index is 344. The highest BCUT2D eigenvalue weighted by molar-refractivity contribution is 5.50. The Morgan fingerprint density at radius 3 is 2.60 bits per heavy atom. The highest BCUT2D eigenvalue weighted by atomic mass is 19.3. The molecule has 15 heavy (non-hydrogen) atoms. The number of nitrogens with two attached hydrogens (primary N) is 1. The van der Waals surface area contributed by atoms with Gasteiger partial charge in [0.15, 0.2) is 12.6 Å². The molecule has 0 aromatic heterocycles.